The molecule has 0 aliphatic carbocycles. The van der Waals surface area contributed by atoms with Crippen LogP contribution in [0.25, 0.3) is 0 Å². The van der Waals surface area contributed by atoms with Crippen LogP contribution in [0.5, 0.6) is 0 Å². The SMILES string of the molecule is CC(=O)Nc1ccc(S(=O)(=O)NCCC2CCN(C)CC2)cc1. The van der Waals surface area contributed by atoms with Gasteiger partial charge in [-0.15, -0.1) is 0 Å². The number of nitrogens with zero attached hydrogens (tertiary/aromatic N) is 1. The first-order valence-corrected chi connectivity index (χ1v) is 9.41. The van der Waals surface area contributed by atoms with Crippen molar-refractivity contribution in [1.29, 1.82) is 0 Å². The molecule has 6 nitrogen and oxygen atoms in total. The van der Waals surface area contributed by atoms with Gasteiger partial charge < -0.3 is 10.2 Å². The normalized spacial score (nSPS) is 17.1. The number of carbonyl (C=O) groups is 1. The Bertz CT molecular complexity index is 620. The number of hydrogen-bond acceptors (Lipinski definition) is 4. The fourth-order valence-electron chi connectivity index (χ4n) is 2.75. The van der Waals surface area contributed by atoms with Crippen LogP contribution >= 0.6 is 0 Å². The van der Waals surface area contributed by atoms with Crippen molar-refractivity contribution in [3.05, 3.63) is 24.3 Å². The van der Waals surface area contributed by atoms with Crippen LogP contribution in [0.4, 0.5) is 5.69 Å². The van der Waals surface area contributed by atoms with Gasteiger partial charge in [-0.25, -0.2) is 13.1 Å². The highest BCUT2D eigenvalue weighted by Crippen LogP contribution is 2.19. The van der Waals surface area contributed by atoms with Crippen molar-refractivity contribution < 1.29 is 13.2 Å². The number of rotatable bonds is 6. The molecule has 128 valence electrons. The second-order valence-electron chi connectivity index (χ2n) is 6.14. The molecule has 1 aromatic carbocycles. The predicted octanol–water partition coefficient (Wildman–Crippen LogP) is 1.66. The van der Waals surface area contributed by atoms with Gasteiger partial charge in [0, 0.05) is 19.2 Å². The van der Waals surface area contributed by atoms with E-state index in [9.17, 15) is 13.2 Å². The van der Waals surface area contributed by atoms with Gasteiger partial charge in [0.15, 0.2) is 0 Å². The van der Waals surface area contributed by atoms with Gasteiger partial charge in [0.25, 0.3) is 0 Å². The van der Waals surface area contributed by atoms with E-state index in [1.807, 2.05) is 0 Å². The van der Waals surface area contributed by atoms with Crippen molar-refractivity contribution >= 4 is 21.6 Å². The molecule has 1 aliphatic heterocycles. The van der Waals surface area contributed by atoms with Crippen LogP contribution in [0.15, 0.2) is 29.2 Å². The quantitative estimate of drug-likeness (QED) is 0.826. The summed E-state index contributed by atoms with van der Waals surface area (Å²) in [6.45, 7) is 4.05. The molecule has 1 amide bonds. The average Bonchev–Trinajstić information content (AvgIpc) is 2.49. The maximum Gasteiger partial charge on any atom is 0.240 e. The number of likely N-dealkylation sites (tertiary alicyclic amines) is 1. The molecular weight excluding hydrogens is 314 g/mol. The third-order valence-corrected chi connectivity index (χ3v) is 5.64. The van der Waals surface area contributed by atoms with Crippen LogP contribution < -0.4 is 10.0 Å². The van der Waals surface area contributed by atoms with E-state index >= 15 is 0 Å². The van der Waals surface area contributed by atoms with E-state index in [1.54, 1.807) is 12.1 Å². The van der Waals surface area contributed by atoms with Gasteiger partial charge in [-0.3, -0.25) is 4.79 Å². The van der Waals surface area contributed by atoms with Gasteiger partial charge in [-0.2, -0.15) is 0 Å². The van der Waals surface area contributed by atoms with Crippen LogP contribution in [0.2, 0.25) is 0 Å². The summed E-state index contributed by atoms with van der Waals surface area (Å²) in [5, 5.41) is 2.62. The Labute approximate surface area is 138 Å². The molecule has 1 aromatic rings. The number of amides is 1. The predicted molar refractivity (Wildman–Crippen MR) is 90.8 cm³/mol. The van der Waals surface area contributed by atoms with Crippen LogP contribution in [0.3, 0.4) is 0 Å². The van der Waals surface area contributed by atoms with Gasteiger partial charge in [0.1, 0.15) is 0 Å². The van der Waals surface area contributed by atoms with Crippen molar-refractivity contribution in [2.75, 3.05) is 32.0 Å². The third kappa shape index (κ3) is 5.60. The highest BCUT2D eigenvalue weighted by molar-refractivity contribution is 7.89. The molecule has 2 N–H and O–H groups in total. The molecule has 23 heavy (non-hydrogen) atoms. The molecule has 1 heterocycles. The van der Waals surface area contributed by atoms with Crippen LogP contribution in [0, 0.1) is 5.92 Å². The Morgan fingerprint density at radius 2 is 1.83 bits per heavy atom. The first kappa shape index (κ1) is 17.9. The fourth-order valence-corrected chi connectivity index (χ4v) is 3.80. The molecule has 1 fully saturated rings. The summed E-state index contributed by atoms with van der Waals surface area (Å²) < 4.78 is 27.2. The zero-order valence-electron chi connectivity index (χ0n) is 13.7. The lowest BCUT2D eigenvalue weighted by molar-refractivity contribution is -0.114. The fraction of sp³-hybridized carbons (Fsp3) is 0.562. The van der Waals surface area contributed by atoms with Gasteiger partial charge in [0.2, 0.25) is 15.9 Å². The van der Waals surface area contributed by atoms with E-state index < -0.39 is 10.0 Å². The van der Waals surface area contributed by atoms with Crippen molar-refractivity contribution in [1.82, 2.24) is 9.62 Å². The van der Waals surface area contributed by atoms with Crippen molar-refractivity contribution in [3.63, 3.8) is 0 Å². The van der Waals surface area contributed by atoms with E-state index in [-0.39, 0.29) is 10.8 Å². The molecule has 1 aliphatic rings. The summed E-state index contributed by atoms with van der Waals surface area (Å²) in [6, 6.07) is 6.19. The number of anilines is 1. The summed E-state index contributed by atoms with van der Waals surface area (Å²) in [7, 11) is -1.38. The van der Waals surface area contributed by atoms with Gasteiger partial charge in [0.05, 0.1) is 4.90 Å². The molecule has 0 radical (unpaired) electrons. The van der Waals surface area contributed by atoms with E-state index in [0.29, 0.717) is 18.2 Å². The summed E-state index contributed by atoms with van der Waals surface area (Å²) in [6.07, 6.45) is 3.13. The number of sulfonamides is 1. The van der Waals surface area contributed by atoms with Crippen molar-refractivity contribution in [3.8, 4) is 0 Å². The molecule has 0 aromatic heterocycles. The summed E-state index contributed by atoms with van der Waals surface area (Å²) in [5.41, 5.74) is 0.586. The second kappa shape index (κ2) is 7.90. The van der Waals surface area contributed by atoms with Crippen molar-refractivity contribution in [2.45, 2.75) is 31.1 Å². The van der Waals surface area contributed by atoms with Crippen LogP contribution in [0.1, 0.15) is 26.2 Å². The topological polar surface area (TPSA) is 78.5 Å². The summed E-state index contributed by atoms with van der Waals surface area (Å²) in [4.78, 5) is 13.5. The first-order chi connectivity index (χ1) is 10.9. The highest BCUT2D eigenvalue weighted by atomic mass is 32.2. The monoisotopic (exact) mass is 339 g/mol. The molecule has 2 rings (SSSR count). The van der Waals surface area contributed by atoms with Gasteiger partial charge >= 0.3 is 0 Å². The van der Waals surface area contributed by atoms with E-state index in [0.717, 1.165) is 32.4 Å². The number of carbonyl (C=O) groups excluding carboxylic acids is 1. The summed E-state index contributed by atoms with van der Waals surface area (Å²) >= 11 is 0. The maximum atomic E-state index is 12.3. The number of nitrogens with one attached hydrogen (secondary N) is 2. The zero-order valence-corrected chi connectivity index (χ0v) is 14.5. The number of hydrogen-bond donors (Lipinski definition) is 2. The van der Waals surface area contributed by atoms with Gasteiger partial charge in [-0.1, -0.05) is 0 Å². The summed E-state index contributed by atoms with van der Waals surface area (Å²) in [5.74, 6) is 0.410. The van der Waals surface area contributed by atoms with E-state index in [1.165, 1.54) is 19.1 Å². The number of benzene rings is 1. The highest BCUT2D eigenvalue weighted by Gasteiger charge is 2.18. The van der Waals surface area contributed by atoms with Crippen molar-refractivity contribution in [2.24, 2.45) is 5.92 Å². The largest absolute Gasteiger partial charge is 0.326 e. The Balaban J connectivity index is 1.85. The first-order valence-electron chi connectivity index (χ1n) is 7.93. The van der Waals surface area contributed by atoms with Gasteiger partial charge in [-0.05, 0) is 69.6 Å². The average molecular weight is 339 g/mol. The Morgan fingerprint density at radius 3 is 2.39 bits per heavy atom. The molecule has 0 bridgehead atoms. The molecule has 0 spiro atoms. The lowest BCUT2D eigenvalue weighted by Gasteiger charge is -2.28. The Morgan fingerprint density at radius 1 is 1.22 bits per heavy atom. The minimum Gasteiger partial charge on any atom is -0.326 e. The zero-order chi connectivity index (χ0) is 16.9. The second-order valence-corrected chi connectivity index (χ2v) is 7.91. The molecule has 1 saturated heterocycles. The smallest absolute Gasteiger partial charge is 0.240 e. The standard InChI is InChI=1S/C16H25N3O3S/c1-13(20)18-15-3-5-16(6-4-15)23(21,22)17-10-7-14-8-11-19(2)12-9-14/h3-6,14,17H,7-12H2,1-2H3,(H,18,20). The molecular formula is C16H25N3O3S. The molecule has 0 atom stereocenters. The maximum absolute atomic E-state index is 12.3. The Kier molecular flexibility index (Phi) is 6.15. The van der Waals surface area contributed by atoms with Crippen LogP contribution in [-0.4, -0.2) is 45.9 Å². The molecule has 0 unspecified atom stereocenters. The molecule has 0 saturated carbocycles. The van der Waals surface area contributed by atoms with Crippen LogP contribution in [-0.2, 0) is 14.8 Å². The minimum atomic E-state index is -3.49. The third-order valence-electron chi connectivity index (χ3n) is 4.17. The lowest BCUT2D eigenvalue weighted by atomic mass is 9.94. The number of piperidine rings is 1. The lowest BCUT2D eigenvalue weighted by Crippen LogP contribution is -2.32. The molecule has 7 heteroatoms. The minimum absolute atomic E-state index is 0.183. The Hall–Kier alpha value is -1.44. The van der Waals surface area contributed by atoms with E-state index in [2.05, 4.69) is 22.0 Å². The van der Waals surface area contributed by atoms with E-state index in [4.69, 9.17) is 0 Å².